The van der Waals surface area contributed by atoms with Gasteiger partial charge in [0, 0.05) is 15.6 Å². The van der Waals surface area contributed by atoms with Crippen LogP contribution in [-0.4, -0.2) is 17.8 Å². The lowest BCUT2D eigenvalue weighted by atomic mass is 10.1. The fraction of sp³-hybridized carbons (Fsp3) is 0.0417. The molecule has 0 bridgehead atoms. The summed E-state index contributed by atoms with van der Waals surface area (Å²) in [5, 5.41) is 2.71. The number of benzene rings is 3. The molecule has 0 spiro atoms. The van der Waals surface area contributed by atoms with E-state index in [0.717, 1.165) is 10.5 Å². The predicted molar refractivity (Wildman–Crippen MR) is 123 cm³/mol. The first-order valence-electron chi connectivity index (χ1n) is 9.56. The average Bonchev–Trinajstić information content (AvgIpc) is 2.78. The second kappa shape index (κ2) is 9.26. The van der Waals surface area contributed by atoms with Gasteiger partial charge in [-0.3, -0.25) is 14.9 Å². The van der Waals surface area contributed by atoms with Gasteiger partial charge < -0.3 is 4.74 Å². The first-order valence-corrected chi connectivity index (χ1v) is 10.3. The fourth-order valence-corrected chi connectivity index (χ4v) is 3.62. The summed E-state index contributed by atoms with van der Waals surface area (Å²) < 4.78 is 5.73. The number of halogens is 2. The number of barbiturate groups is 1. The number of carbonyl (C=O) groups is 3. The third-order valence-corrected chi connectivity index (χ3v) is 5.39. The molecule has 6 nitrogen and oxygen atoms in total. The van der Waals surface area contributed by atoms with Crippen molar-refractivity contribution in [2.75, 3.05) is 4.90 Å². The Balaban J connectivity index is 1.57. The highest BCUT2D eigenvalue weighted by Crippen LogP contribution is 2.29. The van der Waals surface area contributed by atoms with Crippen molar-refractivity contribution in [3.05, 3.63) is 99.5 Å². The van der Waals surface area contributed by atoms with E-state index in [0.29, 0.717) is 17.9 Å². The van der Waals surface area contributed by atoms with Gasteiger partial charge in [-0.05, 0) is 48.0 Å². The molecule has 3 aromatic rings. The molecule has 0 unspecified atom stereocenters. The van der Waals surface area contributed by atoms with Crippen molar-refractivity contribution in [2.24, 2.45) is 0 Å². The second-order valence-electron chi connectivity index (χ2n) is 6.86. The van der Waals surface area contributed by atoms with Crippen LogP contribution < -0.4 is 15.0 Å². The molecule has 0 radical (unpaired) electrons. The maximum Gasteiger partial charge on any atom is 0.335 e. The van der Waals surface area contributed by atoms with Crippen molar-refractivity contribution in [1.82, 2.24) is 5.32 Å². The van der Waals surface area contributed by atoms with Crippen molar-refractivity contribution in [2.45, 2.75) is 6.61 Å². The smallest absolute Gasteiger partial charge is 0.335 e. The van der Waals surface area contributed by atoms with Gasteiger partial charge in [-0.2, -0.15) is 0 Å². The highest BCUT2D eigenvalue weighted by atomic mass is 35.5. The van der Waals surface area contributed by atoms with E-state index in [-0.39, 0.29) is 21.3 Å². The van der Waals surface area contributed by atoms with Crippen LogP contribution in [0.15, 0.2) is 78.4 Å². The van der Waals surface area contributed by atoms with Crippen LogP contribution in [0, 0.1) is 0 Å². The molecule has 4 rings (SSSR count). The largest absolute Gasteiger partial charge is 0.489 e. The first-order chi connectivity index (χ1) is 15.4. The Bertz CT molecular complexity index is 1200. The Kier molecular flexibility index (Phi) is 6.25. The lowest BCUT2D eigenvalue weighted by Gasteiger charge is -2.26. The fourth-order valence-electron chi connectivity index (χ4n) is 3.12. The zero-order chi connectivity index (χ0) is 22.7. The van der Waals surface area contributed by atoms with E-state index in [9.17, 15) is 14.4 Å². The average molecular weight is 467 g/mol. The molecule has 0 aromatic heterocycles. The van der Waals surface area contributed by atoms with Crippen LogP contribution in [0.4, 0.5) is 10.5 Å². The SMILES string of the molecule is O=C1NC(=O)N(c2ccc(OCc3ccccc3)cc2)C(=O)/C1=C/c1c(Cl)cccc1Cl. The maximum absolute atomic E-state index is 13.0. The van der Waals surface area contributed by atoms with Gasteiger partial charge in [-0.1, -0.05) is 59.6 Å². The van der Waals surface area contributed by atoms with Crippen LogP contribution in [0.5, 0.6) is 5.75 Å². The minimum Gasteiger partial charge on any atom is -0.489 e. The number of amides is 4. The lowest BCUT2D eigenvalue weighted by molar-refractivity contribution is -0.122. The normalized spacial score (nSPS) is 15.1. The minimum absolute atomic E-state index is 0.260. The Labute approximate surface area is 194 Å². The minimum atomic E-state index is -0.847. The van der Waals surface area contributed by atoms with Gasteiger partial charge in [-0.15, -0.1) is 0 Å². The summed E-state index contributed by atoms with van der Waals surface area (Å²) in [5.74, 6) is -1.04. The van der Waals surface area contributed by atoms with Gasteiger partial charge >= 0.3 is 6.03 Å². The number of anilines is 1. The Hall–Kier alpha value is -3.61. The summed E-state index contributed by atoms with van der Waals surface area (Å²) >= 11 is 12.3. The summed E-state index contributed by atoms with van der Waals surface area (Å²) in [6.07, 6.45) is 1.28. The van der Waals surface area contributed by atoms with Crippen LogP contribution in [0.25, 0.3) is 6.08 Å². The first kappa shape index (κ1) is 21.6. The molecule has 32 heavy (non-hydrogen) atoms. The van der Waals surface area contributed by atoms with E-state index in [1.165, 1.54) is 6.08 Å². The molecule has 8 heteroatoms. The van der Waals surface area contributed by atoms with Crippen molar-refractivity contribution in [3.8, 4) is 5.75 Å². The second-order valence-corrected chi connectivity index (χ2v) is 7.68. The van der Waals surface area contributed by atoms with Gasteiger partial charge in [0.25, 0.3) is 11.8 Å². The third-order valence-electron chi connectivity index (χ3n) is 4.73. The molecule has 1 aliphatic rings. The molecular weight excluding hydrogens is 451 g/mol. The highest BCUT2D eigenvalue weighted by Gasteiger charge is 2.37. The van der Waals surface area contributed by atoms with Gasteiger partial charge in [-0.25, -0.2) is 9.69 Å². The van der Waals surface area contributed by atoms with Gasteiger partial charge in [0.05, 0.1) is 5.69 Å². The molecule has 1 N–H and O–H groups in total. The molecule has 1 saturated heterocycles. The van der Waals surface area contributed by atoms with E-state index in [1.807, 2.05) is 30.3 Å². The summed E-state index contributed by atoms with van der Waals surface area (Å²) in [6.45, 7) is 0.378. The van der Waals surface area contributed by atoms with E-state index in [1.54, 1.807) is 42.5 Å². The molecular formula is C24H16Cl2N2O4. The topological polar surface area (TPSA) is 75.7 Å². The molecule has 0 atom stereocenters. The zero-order valence-corrected chi connectivity index (χ0v) is 18.1. The molecule has 1 aliphatic heterocycles. The van der Waals surface area contributed by atoms with Crippen molar-refractivity contribution in [1.29, 1.82) is 0 Å². The number of rotatable bonds is 5. The van der Waals surface area contributed by atoms with E-state index in [2.05, 4.69) is 5.32 Å². The number of urea groups is 1. The van der Waals surface area contributed by atoms with Crippen LogP contribution in [0.1, 0.15) is 11.1 Å². The summed E-state index contributed by atoms with van der Waals surface area (Å²) in [4.78, 5) is 38.6. The van der Waals surface area contributed by atoms with E-state index in [4.69, 9.17) is 27.9 Å². The monoisotopic (exact) mass is 466 g/mol. The summed E-state index contributed by atoms with van der Waals surface area (Å²) in [7, 11) is 0. The number of hydrogen-bond acceptors (Lipinski definition) is 4. The van der Waals surface area contributed by atoms with Crippen molar-refractivity contribution in [3.63, 3.8) is 0 Å². The number of imide groups is 2. The molecule has 1 heterocycles. The van der Waals surface area contributed by atoms with Gasteiger partial charge in [0.1, 0.15) is 17.9 Å². The lowest BCUT2D eigenvalue weighted by Crippen LogP contribution is -2.54. The van der Waals surface area contributed by atoms with Crippen LogP contribution >= 0.6 is 23.2 Å². The number of nitrogens with one attached hydrogen (secondary N) is 1. The molecule has 160 valence electrons. The van der Waals surface area contributed by atoms with Gasteiger partial charge in [0.15, 0.2) is 0 Å². The third kappa shape index (κ3) is 4.51. The molecule has 3 aromatic carbocycles. The summed E-state index contributed by atoms with van der Waals surface area (Å²) in [6, 6.07) is 20.0. The van der Waals surface area contributed by atoms with Crippen LogP contribution in [0.2, 0.25) is 10.0 Å². The molecule has 1 fully saturated rings. The van der Waals surface area contributed by atoms with E-state index >= 15 is 0 Å². The Morgan fingerprint density at radius 1 is 0.844 bits per heavy atom. The Morgan fingerprint density at radius 2 is 1.50 bits per heavy atom. The number of nitrogens with zero attached hydrogens (tertiary/aromatic N) is 1. The maximum atomic E-state index is 13.0. The number of ether oxygens (including phenoxy) is 1. The van der Waals surface area contributed by atoms with Crippen molar-refractivity contribution < 1.29 is 19.1 Å². The Morgan fingerprint density at radius 3 is 2.16 bits per heavy atom. The van der Waals surface area contributed by atoms with Crippen molar-refractivity contribution >= 4 is 52.8 Å². The van der Waals surface area contributed by atoms with Crippen LogP contribution in [-0.2, 0) is 16.2 Å². The van der Waals surface area contributed by atoms with Gasteiger partial charge in [0.2, 0.25) is 0 Å². The van der Waals surface area contributed by atoms with E-state index < -0.39 is 17.8 Å². The highest BCUT2D eigenvalue weighted by molar-refractivity contribution is 6.41. The molecule has 0 aliphatic carbocycles. The quantitative estimate of drug-likeness (QED) is 0.412. The standard InChI is InChI=1S/C24H16Cl2N2O4/c25-20-7-4-8-21(26)18(20)13-19-22(29)27-24(31)28(23(19)30)16-9-11-17(12-10-16)32-14-15-5-2-1-3-6-15/h1-13H,14H2,(H,27,29,31)/b19-13+. The van der Waals surface area contributed by atoms with Crippen LogP contribution in [0.3, 0.4) is 0 Å². The summed E-state index contributed by atoms with van der Waals surface area (Å²) in [5.41, 5.74) is 1.34. The zero-order valence-electron chi connectivity index (χ0n) is 16.5. The number of carbonyl (C=O) groups excluding carboxylic acids is 3. The predicted octanol–water partition coefficient (Wildman–Crippen LogP) is 5.24. The number of hydrogen-bond donors (Lipinski definition) is 1. The molecule has 0 saturated carbocycles. The molecule has 4 amide bonds.